The molecule has 2 rings (SSSR count). The second kappa shape index (κ2) is 15.4. The quantitative estimate of drug-likeness (QED) is 0.0417. The molecule has 16 nitrogen and oxygen atoms in total. The largest absolute Gasteiger partial charge is 0.539 e. The Hall–Kier alpha value is -3.42. The van der Waals surface area contributed by atoms with Gasteiger partial charge in [-0.1, -0.05) is 5.16 Å². The Kier molecular flexibility index (Phi) is 13.0. The molecule has 0 spiro atoms. The van der Waals surface area contributed by atoms with Gasteiger partial charge in [0.2, 0.25) is 22.3 Å². The van der Waals surface area contributed by atoms with Crippen LogP contribution in [0.3, 0.4) is 0 Å². The van der Waals surface area contributed by atoms with Crippen LogP contribution in [-0.2, 0) is 38.1 Å². The lowest BCUT2D eigenvalue weighted by atomic mass is 9.94. The molecule has 3 N–H and O–H groups in total. The molecule has 46 heavy (non-hydrogen) atoms. The highest BCUT2D eigenvalue weighted by Gasteiger charge is 2.50. The molecule has 2 heterocycles. The number of ether oxygens (including phenoxy) is 2. The van der Waals surface area contributed by atoms with E-state index in [9.17, 15) is 28.5 Å². The van der Waals surface area contributed by atoms with Gasteiger partial charge in [-0.2, -0.15) is 9.36 Å². The molecule has 1 fully saturated rings. The molecule has 1 aromatic heterocycles. The standard InChI is InChI=1S/C26H38BClN6O10S2/c1-12-14(19(36)34(12)16(20(37)43-27)13(10-28)11-45-40)29-18(35)15(32-44-26(8,9)21(38)41-24(2,3)4)17-30-22(46-33-17)31-23(39)42-25(5,6)7/h12,14,40H,10-11,27H2,1-9H3,(H,29,35)(H,30,31,33,39)/b16-13-,32-15-/t12-,14+/m1/s1. The number of nitrogens with zero attached hydrogens (tertiary/aromatic N) is 4. The average Bonchev–Trinajstić information content (AvgIpc) is 3.38. The number of carbonyl (C=O) groups is 5. The number of carbonyl (C=O) groups excluding carboxylic acids is 5. The van der Waals surface area contributed by atoms with E-state index in [2.05, 4.69) is 25.1 Å². The predicted octanol–water partition coefficient (Wildman–Crippen LogP) is 2.23. The summed E-state index contributed by atoms with van der Waals surface area (Å²) in [5.41, 5.74) is -3.77. The number of likely N-dealkylation sites (tertiary alicyclic amines) is 1. The fourth-order valence-corrected chi connectivity index (χ4v) is 4.91. The van der Waals surface area contributed by atoms with Crippen LogP contribution in [0, 0.1) is 0 Å². The molecule has 3 amide bonds. The van der Waals surface area contributed by atoms with Gasteiger partial charge in [0.1, 0.15) is 22.9 Å². The van der Waals surface area contributed by atoms with Crippen molar-refractivity contribution < 1.29 is 47.5 Å². The van der Waals surface area contributed by atoms with Gasteiger partial charge in [-0.3, -0.25) is 19.8 Å². The average molecular weight is 705 g/mol. The lowest BCUT2D eigenvalue weighted by Crippen LogP contribution is -2.70. The van der Waals surface area contributed by atoms with Crippen LogP contribution in [0.1, 0.15) is 68.1 Å². The number of halogens is 1. The Labute approximate surface area is 280 Å². The monoisotopic (exact) mass is 704 g/mol. The fraction of sp³-hybridized carbons (Fsp3) is 0.615. The third-order valence-corrected chi connectivity index (χ3v) is 7.18. The van der Waals surface area contributed by atoms with E-state index in [1.165, 1.54) is 13.8 Å². The molecule has 0 aliphatic carbocycles. The van der Waals surface area contributed by atoms with Gasteiger partial charge in [-0.05, 0) is 79.9 Å². The normalized spacial score (nSPS) is 17.8. The molecule has 20 heteroatoms. The van der Waals surface area contributed by atoms with Crippen LogP contribution in [-0.4, -0.2) is 103 Å². The molecule has 0 aromatic carbocycles. The predicted molar refractivity (Wildman–Crippen MR) is 173 cm³/mol. The van der Waals surface area contributed by atoms with E-state index in [0.717, 1.165) is 12.9 Å². The summed E-state index contributed by atoms with van der Waals surface area (Å²) in [7, 11) is 1.13. The minimum absolute atomic E-state index is 0.0429. The van der Waals surface area contributed by atoms with Crippen molar-refractivity contribution in [3.63, 3.8) is 0 Å². The zero-order valence-corrected chi connectivity index (χ0v) is 29.6. The molecule has 0 saturated carbocycles. The first-order valence-corrected chi connectivity index (χ1v) is 16.0. The summed E-state index contributed by atoms with van der Waals surface area (Å²) in [4.78, 5) is 75.1. The first-order chi connectivity index (χ1) is 21.2. The van der Waals surface area contributed by atoms with Crippen LogP contribution in [0.5, 0.6) is 0 Å². The molecule has 254 valence electrons. The van der Waals surface area contributed by atoms with E-state index in [4.69, 9.17) is 30.6 Å². The number of amides is 3. The van der Waals surface area contributed by atoms with Gasteiger partial charge in [-0.25, -0.2) is 14.4 Å². The van der Waals surface area contributed by atoms with Gasteiger partial charge in [0.25, 0.3) is 11.8 Å². The van der Waals surface area contributed by atoms with E-state index in [-0.39, 0.29) is 33.9 Å². The number of hydrogen-bond acceptors (Lipinski definition) is 15. The van der Waals surface area contributed by atoms with Gasteiger partial charge in [0, 0.05) is 23.2 Å². The molecule has 1 aromatic rings. The van der Waals surface area contributed by atoms with Gasteiger partial charge < -0.3 is 28.8 Å². The van der Waals surface area contributed by atoms with Crippen LogP contribution in [0.2, 0.25) is 0 Å². The number of anilines is 1. The SMILES string of the molecule is BOC(=O)/C(=C(\CCl)CSO)N1C(=O)[C@@H](NC(=O)/C(=N\OC(C)(C)C(=O)OC(C)(C)C)c2nsc(NC(=O)OC(C)(C)C)n2)[C@H]1C. The van der Waals surface area contributed by atoms with Crippen LogP contribution in [0.4, 0.5) is 9.93 Å². The summed E-state index contributed by atoms with van der Waals surface area (Å²) in [5.74, 6) is -3.84. The number of β-lactam (4-membered cyclic amide) rings is 1. The highest BCUT2D eigenvalue weighted by atomic mass is 35.5. The summed E-state index contributed by atoms with van der Waals surface area (Å²) >= 11 is 7.10. The summed E-state index contributed by atoms with van der Waals surface area (Å²) in [6.07, 6.45) is -0.820. The van der Waals surface area contributed by atoms with Crippen molar-refractivity contribution in [1.82, 2.24) is 19.6 Å². The first kappa shape index (κ1) is 38.8. The first-order valence-electron chi connectivity index (χ1n) is 13.8. The van der Waals surface area contributed by atoms with Gasteiger partial charge >= 0.3 is 26.1 Å². The molecule has 0 radical (unpaired) electrons. The molecule has 0 unspecified atom stereocenters. The number of esters is 1. The van der Waals surface area contributed by atoms with Crippen molar-refractivity contribution in [3.05, 3.63) is 17.1 Å². The highest BCUT2D eigenvalue weighted by Crippen LogP contribution is 2.29. The fourth-order valence-electron chi connectivity index (χ4n) is 3.63. The highest BCUT2D eigenvalue weighted by molar-refractivity contribution is 7.93. The molecule has 1 aliphatic heterocycles. The number of alkyl halides is 1. The second-order valence-corrected chi connectivity index (χ2v) is 13.9. The number of aromatic nitrogens is 2. The summed E-state index contributed by atoms with van der Waals surface area (Å²) in [6.45, 7) is 14.3. The smallest absolute Gasteiger partial charge is 0.414 e. The topological polar surface area (TPSA) is 208 Å². The molecule has 0 bridgehead atoms. The van der Waals surface area contributed by atoms with Crippen molar-refractivity contribution >= 4 is 83.9 Å². The van der Waals surface area contributed by atoms with E-state index >= 15 is 0 Å². The van der Waals surface area contributed by atoms with Crippen LogP contribution < -0.4 is 10.6 Å². The number of oxime groups is 1. The zero-order chi connectivity index (χ0) is 35.2. The third kappa shape index (κ3) is 10.3. The Morgan fingerprint density at radius 3 is 2.22 bits per heavy atom. The Balaban J connectivity index is 2.42. The molecular weight excluding hydrogens is 667 g/mol. The minimum Gasteiger partial charge on any atom is -0.539 e. The van der Waals surface area contributed by atoms with E-state index in [0.29, 0.717) is 23.6 Å². The number of rotatable bonds is 12. The van der Waals surface area contributed by atoms with Crippen LogP contribution in [0.15, 0.2) is 16.4 Å². The van der Waals surface area contributed by atoms with Crippen molar-refractivity contribution in [2.45, 2.75) is 91.2 Å². The van der Waals surface area contributed by atoms with Crippen molar-refractivity contribution in [3.8, 4) is 0 Å². The third-order valence-electron chi connectivity index (χ3n) is 5.75. The Morgan fingerprint density at radius 2 is 1.72 bits per heavy atom. The Morgan fingerprint density at radius 1 is 1.11 bits per heavy atom. The van der Waals surface area contributed by atoms with Crippen LogP contribution >= 0.6 is 35.2 Å². The minimum atomic E-state index is -1.67. The van der Waals surface area contributed by atoms with E-state index < -0.39 is 64.4 Å². The molecule has 2 atom stereocenters. The lowest BCUT2D eigenvalue weighted by molar-refractivity contribution is -0.179. The Bertz CT molecular complexity index is 1410. The molecule has 1 aliphatic rings. The van der Waals surface area contributed by atoms with Gasteiger partial charge in [0.05, 0.1) is 6.04 Å². The lowest BCUT2D eigenvalue weighted by Gasteiger charge is -2.46. The van der Waals surface area contributed by atoms with Gasteiger partial charge in [-0.15, -0.1) is 11.6 Å². The second-order valence-electron chi connectivity index (χ2n) is 12.3. The van der Waals surface area contributed by atoms with Crippen molar-refractivity contribution in [1.29, 1.82) is 0 Å². The summed E-state index contributed by atoms with van der Waals surface area (Å²) in [5, 5.41) is 8.77. The number of nitrogens with one attached hydrogen (secondary N) is 2. The van der Waals surface area contributed by atoms with E-state index in [1.807, 2.05) is 0 Å². The van der Waals surface area contributed by atoms with Gasteiger partial charge in [0.15, 0.2) is 0 Å². The van der Waals surface area contributed by atoms with Crippen molar-refractivity contribution in [2.75, 3.05) is 16.9 Å². The molecular formula is C26H38BClN6O10S2. The molecule has 1 saturated heterocycles. The van der Waals surface area contributed by atoms with Crippen molar-refractivity contribution in [2.24, 2.45) is 5.16 Å². The summed E-state index contributed by atoms with van der Waals surface area (Å²) < 4.78 is 28.8. The maximum Gasteiger partial charge on any atom is 0.414 e. The zero-order valence-electron chi connectivity index (χ0n) is 27.2. The maximum absolute atomic E-state index is 13.6. The summed E-state index contributed by atoms with van der Waals surface area (Å²) in [6, 6.07) is -1.94. The maximum atomic E-state index is 13.6. The van der Waals surface area contributed by atoms with E-state index in [1.54, 1.807) is 48.5 Å². The van der Waals surface area contributed by atoms with Crippen LogP contribution in [0.25, 0.3) is 0 Å². The number of hydrogen-bond donors (Lipinski definition) is 3.